The normalized spacial score (nSPS) is 10.1. The Morgan fingerprint density at radius 2 is 2.13 bits per heavy atom. The highest BCUT2D eigenvalue weighted by Crippen LogP contribution is 2.17. The summed E-state index contributed by atoms with van der Waals surface area (Å²) in [7, 11) is 0. The Hall–Kier alpha value is -2.37. The van der Waals surface area contributed by atoms with Crippen LogP contribution in [0.5, 0.6) is 0 Å². The molecule has 0 fully saturated rings. The van der Waals surface area contributed by atoms with Crippen molar-refractivity contribution in [3.63, 3.8) is 0 Å². The van der Waals surface area contributed by atoms with E-state index in [1.165, 1.54) is 12.3 Å². The number of carboxylic acid groups (broad SMARTS) is 1. The maximum atomic E-state index is 10.7. The van der Waals surface area contributed by atoms with Crippen LogP contribution in [0, 0.1) is 0 Å². The minimum atomic E-state index is -1.09. The highest BCUT2D eigenvalue weighted by atomic mass is 16.4. The van der Waals surface area contributed by atoms with Crippen LogP contribution in [-0.4, -0.2) is 21.0 Å². The molecule has 2 heterocycles. The number of nitrogens with zero attached hydrogens (tertiary/aromatic N) is 2. The number of aromatic carboxylic acids is 1. The molecule has 0 radical (unpaired) electrons. The quantitative estimate of drug-likeness (QED) is 0.758. The van der Waals surface area contributed by atoms with Crippen molar-refractivity contribution in [1.29, 1.82) is 0 Å². The highest BCUT2D eigenvalue weighted by molar-refractivity contribution is 5.85. The van der Waals surface area contributed by atoms with Gasteiger partial charge in [-0.15, -0.1) is 0 Å². The second kappa shape index (κ2) is 3.41. The van der Waals surface area contributed by atoms with Crippen LogP contribution in [0.2, 0.25) is 0 Å². The molecule has 0 saturated heterocycles. The lowest BCUT2D eigenvalue weighted by Gasteiger charge is -1.96. The van der Waals surface area contributed by atoms with Crippen molar-refractivity contribution in [2.24, 2.45) is 0 Å². The number of aromatic nitrogens is 2. The number of carbonyl (C=O) groups is 1. The van der Waals surface area contributed by atoms with Crippen LogP contribution in [0.1, 0.15) is 10.5 Å². The molecule has 0 aliphatic heterocycles. The zero-order chi connectivity index (χ0) is 10.8. The van der Waals surface area contributed by atoms with E-state index < -0.39 is 5.97 Å². The van der Waals surface area contributed by atoms with Gasteiger partial charge < -0.3 is 15.3 Å². The summed E-state index contributed by atoms with van der Waals surface area (Å²) in [6.07, 6.45) is 1.32. The van der Waals surface area contributed by atoms with Gasteiger partial charge in [0.15, 0.2) is 0 Å². The molecular formula is C9H7N3O3. The smallest absolute Gasteiger partial charge is 0.354 e. The maximum Gasteiger partial charge on any atom is 0.354 e. The third-order valence-electron chi connectivity index (χ3n) is 1.75. The Labute approximate surface area is 84.4 Å². The van der Waals surface area contributed by atoms with Gasteiger partial charge in [-0.2, -0.15) is 4.98 Å². The van der Waals surface area contributed by atoms with E-state index in [-0.39, 0.29) is 11.7 Å². The zero-order valence-corrected chi connectivity index (χ0v) is 7.54. The lowest BCUT2D eigenvalue weighted by Crippen LogP contribution is -2.00. The second-order valence-electron chi connectivity index (χ2n) is 2.78. The van der Waals surface area contributed by atoms with Crippen molar-refractivity contribution in [1.82, 2.24) is 9.97 Å². The van der Waals surface area contributed by atoms with E-state index in [9.17, 15) is 4.79 Å². The van der Waals surface area contributed by atoms with Gasteiger partial charge in [0.05, 0.1) is 5.69 Å². The van der Waals surface area contributed by atoms with Gasteiger partial charge in [-0.3, -0.25) is 0 Å². The molecule has 0 aromatic carbocycles. The molecule has 76 valence electrons. The molecule has 2 aromatic heterocycles. The number of anilines is 1. The van der Waals surface area contributed by atoms with Gasteiger partial charge in [0, 0.05) is 0 Å². The summed E-state index contributed by atoms with van der Waals surface area (Å²) in [4.78, 5) is 18.4. The Kier molecular flexibility index (Phi) is 2.09. The summed E-state index contributed by atoms with van der Waals surface area (Å²) in [6.45, 7) is 0. The molecular weight excluding hydrogens is 198 g/mol. The fourth-order valence-electron chi connectivity index (χ4n) is 1.10. The largest absolute Gasteiger partial charge is 0.477 e. The summed E-state index contributed by atoms with van der Waals surface area (Å²) >= 11 is 0. The lowest BCUT2D eigenvalue weighted by atomic mass is 10.2. The first-order valence-electron chi connectivity index (χ1n) is 4.08. The van der Waals surface area contributed by atoms with Gasteiger partial charge in [0.25, 0.3) is 6.01 Å². The first kappa shape index (κ1) is 9.20. The van der Waals surface area contributed by atoms with E-state index in [2.05, 4.69) is 9.97 Å². The average molecular weight is 205 g/mol. The number of carboxylic acids is 1. The lowest BCUT2D eigenvalue weighted by molar-refractivity contribution is 0.0690. The second-order valence-corrected chi connectivity index (χ2v) is 2.78. The Morgan fingerprint density at radius 1 is 1.33 bits per heavy atom. The van der Waals surface area contributed by atoms with Crippen LogP contribution in [0.25, 0.3) is 11.4 Å². The van der Waals surface area contributed by atoms with Crippen molar-refractivity contribution < 1.29 is 14.3 Å². The number of nitrogen functional groups attached to an aromatic ring is 1. The Bertz CT molecular complexity index is 507. The number of rotatable bonds is 2. The van der Waals surface area contributed by atoms with Gasteiger partial charge in [0.1, 0.15) is 17.7 Å². The average Bonchev–Trinajstić information content (AvgIpc) is 2.65. The fraction of sp³-hybridized carbons (Fsp3) is 0. The highest BCUT2D eigenvalue weighted by Gasteiger charge is 2.09. The van der Waals surface area contributed by atoms with Crippen LogP contribution in [0.3, 0.4) is 0 Å². The molecule has 3 N–H and O–H groups in total. The molecule has 0 bridgehead atoms. The third kappa shape index (κ3) is 1.78. The first-order valence-corrected chi connectivity index (χ1v) is 4.08. The molecule has 0 spiro atoms. The summed E-state index contributed by atoms with van der Waals surface area (Å²) in [6, 6.07) is 4.63. The molecule has 0 aliphatic carbocycles. The van der Waals surface area contributed by atoms with Gasteiger partial charge in [-0.05, 0) is 12.1 Å². The van der Waals surface area contributed by atoms with Gasteiger partial charge >= 0.3 is 5.97 Å². The van der Waals surface area contributed by atoms with E-state index in [0.717, 1.165) is 0 Å². The molecule has 0 unspecified atom stereocenters. The maximum absolute atomic E-state index is 10.7. The third-order valence-corrected chi connectivity index (χ3v) is 1.75. The van der Waals surface area contributed by atoms with Crippen LogP contribution in [-0.2, 0) is 0 Å². The van der Waals surface area contributed by atoms with Crippen LogP contribution >= 0.6 is 0 Å². The predicted octanol–water partition coefficient (Wildman–Crippen LogP) is 1.02. The fourth-order valence-corrected chi connectivity index (χ4v) is 1.10. The van der Waals surface area contributed by atoms with Crippen molar-refractivity contribution in [3.05, 3.63) is 30.2 Å². The first-order chi connectivity index (χ1) is 7.16. The van der Waals surface area contributed by atoms with Crippen LogP contribution < -0.4 is 5.73 Å². The van der Waals surface area contributed by atoms with E-state index in [4.69, 9.17) is 15.3 Å². The van der Waals surface area contributed by atoms with Gasteiger partial charge in [-0.1, -0.05) is 6.07 Å². The SMILES string of the molecule is Nc1nc(-c2cccc(C(=O)O)n2)co1. The zero-order valence-electron chi connectivity index (χ0n) is 7.54. The molecule has 0 aliphatic rings. The molecule has 0 amide bonds. The van der Waals surface area contributed by atoms with Crippen molar-refractivity contribution in [2.45, 2.75) is 0 Å². The number of pyridine rings is 1. The monoisotopic (exact) mass is 205 g/mol. The van der Waals surface area contributed by atoms with E-state index >= 15 is 0 Å². The van der Waals surface area contributed by atoms with E-state index in [1.54, 1.807) is 12.1 Å². The van der Waals surface area contributed by atoms with Crippen LogP contribution in [0.15, 0.2) is 28.9 Å². The molecule has 2 rings (SSSR count). The Morgan fingerprint density at radius 3 is 2.73 bits per heavy atom. The molecule has 0 atom stereocenters. The number of nitrogens with two attached hydrogens (primary N) is 1. The summed E-state index contributed by atoms with van der Waals surface area (Å²) in [5, 5.41) is 8.73. The topological polar surface area (TPSA) is 102 Å². The molecule has 6 nitrogen and oxygen atoms in total. The number of hydrogen-bond acceptors (Lipinski definition) is 5. The molecule has 15 heavy (non-hydrogen) atoms. The standard InChI is InChI=1S/C9H7N3O3/c10-9-12-7(4-15-9)5-2-1-3-6(11-5)8(13)14/h1-4H,(H2,10,12)(H,13,14). The molecule has 6 heteroatoms. The summed E-state index contributed by atoms with van der Waals surface area (Å²) in [5.41, 5.74) is 6.07. The van der Waals surface area contributed by atoms with Gasteiger partial charge in [0.2, 0.25) is 0 Å². The molecule has 2 aromatic rings. The number of oxazole rings is 1. The van der Waals surface area contributed by atoms with E-state index in [1.807, 2.05) is 0 Å². The minimum Gasteiger partial charge on any atom is -0.477 e. The Balaban J connectivity index is 2.45. The van der Waals surface area contributed by atoms with Crippen molar-refractivity contribution in [3.8, 4) is 11.4 Å². The van der Waals surface area contributed by atoms with Crippen LogP contribution in [0.4, 0.5) is 6.01 Å². The molecule has 0 saturated carbocycles. The summed E-state index contributed by atoms with van der Waals surface area (Å²) in [5.74, 6) is -1.09. The predicted molar refractivity (Wildman–Crippen MR) is 51.1 cm³/mol. The van der Waals surface area contributed by atoms with E-state index in [0.29, 0.717) is 11.4 Å². The minimum absolute atomic E-state index is 0.0209. The van der Waals surface area contributed by atoms with Gasteiger partial charge in [-0.25, -0.2) is 9.78 Å². The van der Waals surface area contributed by atoms with Crippen molar-refractivity contribution in [2.75, 3.05) is 5.73 Å². The number of hydrogen-bond donors (Lipinski definition) is 2. The van der Waals surface area contributed by atoms with Crippen molar-refractivity contribution >= 4 is 12.0 Å². The summed E-state index contributed by atoms with van der Waals surface area (Å²) < 4.78 is 4.80.